The topological polar surface area (TPSA) is 38.3 Å². The van der Waals surface area contributed by atoms with E-state index >= 15 is 0 Å². The smallest absolute Gasteiger partial charge is 0.273 e. The molecule has 0 bridgehead atoms. The summed E-state index contributed by atoms with van der Waals surface area (Å²) in [5, 5.41) is 2.96. The van der Waals surface area contributed by atoms with E-state index in [0.29, 0.717) is 17.9 Å². The van der Waals surface area contributed by atoms with Gasteiger partial charge in [-0.05, 0) is 26.0 Å². The first kappa shape index (κ1) is 14.4. The molecule has 0 spiro atoms. The van der Waals surface area contributed by atoms with E-state index in [1.807, 2.05) is 62.4 Å². The van der Waals surface area contributed by atoms with Gasteiger partial charge in [-0.2, -0.15) is 0 Å². The maximum absolute atomic E-state index is 12.8. The van der Waals surface area contributed by atoms with E-state index in [4.69, 9.17) is 4.74 Å². The van der Waals surface area contributed by atoms with Gasteiger partial charge < -0.3 is 10.1 Å². The van der Waals surface area contributed by atoms with Crippen molar-refractivity contribution in [2.45, 2.75) is 25.9 Å². The minimum atomic E-state index is -1.06. The normalized spacial score (nSPS) is 19.8. The van der Waals surface area contributed by atoms with Crippen LogP contribution in [0.5, 0.6) is 5.75 Å². The first-order chi connectivity index (χ1) is 10.5. The largest absolute Gasteiger partial charge is 0.470 e. The van der Waals surface area contributed by atoms with E-state index in [2.05, 4.69) is 11.9 Å². The van der Waals surface area contributed by atoms with Crippen LogP contribution in [0.4, 0.5) is 5.69 Å². The lowest BCUT2D eigenvalue weighted by Crippen LogP contribution is -2.48. The maximum atomic E-state index is 12.8. The SMILES string of the molecule is C=C(C)CC1(c2ccc(C)cc2)Oc2ccccc2NC1=O. The zero-order valence-electron chi connectivity index (χ0n) is 12.8. The van der Waals surface area contributed by atoms with Crippen molar-refractivity contribution in [1.29, 1.82) is 0 Å². The fourth-order valence-electron chi connectivity index (χ4n) is 2.77. The summed E-state index contributed by atoms with van der Waals surface area (Å²) < 4.78 is 6.20. The number of benzene rings is 2. The van der Waals surface area contributed by atoms with Gasteiger partial charge in [0.05, 0.1) is 5.69 Å². The van der Waals surface area contributed by atoms with Crippen LogP contribution in [0.1, 0.15) is 24.5 Å². The molecule has 1 aliphatic rings. The molecule has 0 saturated heterocycles. The number of anilines is 1. The third kappa shape index (κ3) is 2.39. The summed E-state index contributed by atoms with van der Waals surface area (Å²) in [6.07, 6.45) is 0.441. The molecule has 1 atom stereocenters. The Bertz CT molecular complexity index is 733. The van der Waals surface area contributed by atoms with Crippen LogP contribution in [-0.2, 0) is 10.4 Å². The number of fused-ring (bicyclic) bond motifs is 1. The summed E-state index contributed by atoms with van der Waals surface area (Å²) in [6, 6.07) is 15.4. The number of hydrogen-bond donors (Lipinski definition) is 1. The molecule has 3 heteroatoms. The number of para-hydroxylation sites is 2. The zero-order valence-corrected chi connectivity index (χ0v) is 12.8. The molecule has 3 rings (SSSR count). The molecule has 0 saturated carbocycles. The molecule has 1 N–H and O–H groups in total. The molecule has 112 valence electrons. The van der Waals surface area contributed by atoms with Crippen molar-refractivity contribution in [2.75, 3.05) is 5.32 Å². The fraction of sp³-hybridized carbons (Fsp3) is 0.211. The van der Waals surface area contributed by atoms with Crippen molar-refractivity contribution in [2.24, 2.45) is 0 Å². The lowest BCUT2D eigenvalue weighted by Gasteiger charge is -2.38. The van der Waals surface area contributed by atoms with E-state index in [0.717, 1.165) is 16.7 Å². The first-order valence-corrected chi connectivity index (χ1v) is 7.32. The second kappa shape index (κ2) is 5.34. The second-order valence-electron chi connectivity index (χ2n) is 5.88. The monoisotopic (exact) mass is 293 g/mol. The Hall–Kier alpha value is -2.55. The molecule has 0 radical (unpaired) electrons. The summed E-state index contributed by atoms with van der Waals surface area (Å²) in [5.74, 6) is 0.530. The van der Waals surface area contributed by atoms with Gasteiger partial charge in [-0.15, -0.1) is 0 Å². The van der Waals surface area contributed by atoms with Crippen LogP contribution in [0, 0.1) is 6.92 Å². The Morgan fingerprint density at radius 3 is 2.55 bits per heavy atom. The second-order valence-corrected chi connectivity index (χ2v) is 5.88. The van der Waals surface area contributed by atoms with Gasteiger partial charge in [0.1, 0.15) is 5.75 Å². The van der Waals surface area contributed by atoms with Gasteiger partial charge >= 0.3 is 0 Å². The Balaban J connectivity index is 2.13. The minimum Gasteiger partial charge on any atom is -0.470 e. The number of carbonyl (C=O) groups is 1. The summed E-state index contributed by atoms with van der Waals surface area (Å²) >= 11 is 0. The molecule has 1 heterocycles. The Morgan fingerprint density at radius 2 is 1.86 bits per heavy atom. The molecule has 1 unspecified atom stereocenters. The van der Waals surface area contributed by atoms with E-state index in [1.54, 1.807) is 0 Å². The van der Waals surface area contributed by atoms with Crippen molar-refractivity contribution in [1.82, 2.24) is 0 Å². The molecule has 1 amide bonds. The van der Waals surface area contributed by atoms with Crippen LogP contribution in [0.2, 0.25) is 0 Å². The molecule has 22 heavy (non-hydrogen) atoms. The van der Waals surface area contributed by atoms with Crippen LogP contribution < -0.4 is 10.1 Å². The predicted molar refractivity (Wildman–Crippen MR) is 88.0 cm³/mol. The molecular weight excluding hydrogens is 274 g/mol. The third-order valence-corrected chi connectivity index (χ3v) is 3.85. The Kier molecular flexibility index (Phi) is 3.49. The number of ether oxygens (including phenoxy) is 1. The highest BCUT2D eigenvalue weighted by Crippen LogP contribution is 2.41. The van der Waals surface area contributed by atoms with Gasteiger partial charge in [-0.3, -0.25) is 4.79 Å². The summed E-state index contributed by atoms with van der Waals surface area (Å²) in [7, 11) is 0. The van der Waals surface area contributed by atoms with Crippen LogP contribution in [0.25, 0.3) is 0 Å². The van der Waals surface area contributed by atoms with E-state index in [-0.39, 0.29) is 5.91 Å². The van der Waals surface area contributed by atoms with Crippen LogP contribution in [0.3, 0.4) is 0 Å². The average molecular weight is 293 g/mol. The fourth-order valence-corrected chi connectivity index (χ4v) is 2.77. The molecule has 2 aromatic carbocycles. The number of amides is 1. The van der Waals surface area contributed by atoms with Gasteiger partial charge in [0.2, 0.25) is 5.60 Å². The van der Waals surface area contributed by atoms with Gasteiger partial charge in [0.25, 0.3) is 5.91 Å². The lowest BCUT2D eigenvalue weighted by atomic mass is 9.85. The van der Waals surface area contributed by atoms with E-state index in [1.165, 1.54) is 0 Å². The third-order valence-electron chi connectivity index (χ3n) is 3.85. The van der Waals surface area contributed by atoms with E-state index < -0.39 is 5.60 Å². The summed E-state index contributed by atoms with van der Waals surface area (Å²) in [5.41, 5.74) is 2.53. The van der Waals surface area contributed by atoms with Crippen molar-refractivity contribution >= 4 is 11.6 Å². The summed E-state index contributed by atoms with van der Waals surface area (Å²) in [4.78, 5) is 12.8. The van der Waals surface area contributed by atoms with Crippen LogP contribution in [0.15, 0.2) is 60.7 Å². The van der Waals surface area contributed by atoms with Gasteiger partial charge in [-0.25, -0.2) is 0 Å². The highest BCUT2D eigenvalue weighted by Gasteiger charge is 2.46. The maximum Gasteiger partial charge on any atom is 0.273 e. The highest BCUT2D eigenvalue weighted by atomic mass is 16.5. The number of nitrogens with one attached hydrogen (secondary N) is 1. The summed E-state index contributed by atoms with van der Waals surface area (Å²) in [6.45, 7) is 7.90. The number of hydrogen-bond acceptors (Lipinski definition) is 2. The predicted octanol–water partition coefficient (Wildman–Crippen LogP) is 4.19. The molecule has 0 aliphatic carbocycles. The molecule has 3 nitrogen and oxygen atoms in total. The molecule has 1 aliphatic heterocycles. The number of aryl methyl sites for hydroxylation is 1. The lowest BCUT2D eigenvalue weighted by molar-refractivity contribution is -0.133. The minimum absolute atomic E-state index is 0.155. The average Bonchev–Trinajstić information content (AvgIpc) is 2.48. The molecular formula is C19H19NO2. The van der Waals surface area contributed by atoms with Crippen molar-refractivity contribution in [3.05, 3.63) is 71.8 Å². The highest BCUT2D eigenvalue weighted by molar-refractivity contribution is 6.01. The van der Waals surface area contributed by atoms with Gasteiger partial charge in [0.15, 0.2) is 0 Å². The van der Waals surface area contributed by atoms with Crippen molar-refractivity contribution in [3.8, 4) is 5.75 Å². The van der Waals surface area contributed by atoms with Gasteiger partial charge in [0, 0.05) is 12.0 Å². The Morgan fingerprint density at radius 1 is 1.18 bits per heavy atom. The number of rotatable bonds is 3. The zero-order chi connectivity index (χ0) is 15.7. The van der Waals surface area contributed by atoms with Gasteiger partial charge in [-0.1, -0.05) is 54.1 Å². The standard InChI is InChI=1S/C19H19NO2/c1-13(2)12-19(15-10-8-14(3)9-11-15)18(21)20-16-6-4-5-7-17(16)22-19/h4-11H,1,12H2,2-3H3,(H,20,21). The van der Waals surface area contributed by atoms with Crippen LogP contribution >= 0.6 is 0 Å². The van der Waals surface area contributed by atoms with Crippen molar-refractivity contribution in [3.63, 3.8) is 0 Å². The molecule has 0 fully saturated rings. The number of carbonyl (C=O) groups excluding carboxylic acids is 1. The Labute approximate surface area is 130 Å². The first-order valence-electron chi connectivity index (χ1n) is 7.32. The molecule has 0 aromatic heterocycles. The van der Waals surface area contributed by atoms with Crippen molar-refractivity contribution < 1.29 is 9.53 Å². The molecule has 2 aromatic rings. The quantitative estimate of drug-likeness (QED) is 0.862. The van der Waals surface area contributed by atoms with E-state index in [9.17, 15) is 4.79 Å². The van der Waals surface area contributed by atoms with Crippen LogP contribution in [-0.4, -0.2) is 5.91 Å².